The SMILES string of the molecule is CNC(=O)c1c(C)cccc1NCc1cc(=O)n2c(C)csc2n1. The highest BCUT2D eigenvalue weighted by molar-refractivity contribution is 7.15. The number of hydrogen-bond donors (Lipinski definition) is 2. The minimum Gasteiger partial charge on any atom is -0.379 e. The van der Waals surface area contributed by atoms with E-state index in [4.69, 9.17) is 0 Å². The van der Waals surface area contributed by atoms with Crippen molar-refractivity contribution >= 4 is 27.9 Å². The lowest BCUT2D eigenvalue weighted by Crippen LogP contribution is -2.21. The molecule has 7 heteroatoms. The smallest absolute Gasteiger partial charge is 0.259 e. The van der Waals surface area contributed by atoms with Crippen molar-refractivity contribution in [3.63, 3.8) is 0 Å². The summed E-state index contributed by atoms with van der Waals surface area (Å²) >= 11 is 1.44. The first-order valence-electron chi connectivity index (χ1n) is 7.53. The molecule has 3 aromatic rings. The van der Waals surface area contributed by atoms with E-state index in [1.165, 1.54) is 17.4 Å². The van der Waals surface area contributed by atoms with Gasteiger partial charge in [0.05, 0.1) is 17.8 Å². The van der Waals surface area contributed by atoms with Crippen molar-refractivity contribution < 1.29 is 4.79 Å². The summed E-state index contributed by atoms with van der Waals surface area (Å²) < 4.78 is 1.59. The van der Waals surface area contributed by atoms with Gasteiger partial charge in [-0.2, -0.15) is 0 Å². The molecule has 2 heterocycles. The predicted molar refractivity (Wildman–Crippen MR) is 96.0 cm³/mol. The summed E-state index contributed by atoms with van der Waals surface area (Å²) in [4.78, 5) is 29.5. The van der Waals surface area contributed by atoms with Crippen LogP contribution < -0.4 is 16.2 Å². The molecular weight excluding hydrogens is 324 g/mol. The second-order valence-corrected chi connectivity index (χ2v) is 6.35. The zero-order valence-electron chi connectivity index (χ0n) is 13.7. The topological polar surface area (TPSA) is 75.5 Å². The zero-order chi connectivity index (χ0) is 17.3. The summed E-state index contributed by atoms with van der Waals surface area (Å²) in [6.45, 7) is 4.14. The summed E-state index contributed by atoms with van der Waals surface area (Å²) in [6, 6.07) is 7.15. The van der Waals surface area contributed by atoms with E-state index < -0.39 is 0 Å². The number of fused-ring (bicyclic) bond motifs is 1. The van der Waals surface area contributed by atoms with Gasteiger partial charge in [0.1, 0.15) is 0 Å². The Morgan fingerprint density at radius 3 is 2.88 bits per heavy atom. The van der Waals surface area contributed by atoms with Crippen molar-refractivity contribution in [2.45, 2.75) is 20.4 Å². The lowest BCUT2D eigenvalue weighted by atomic mass is 10.1. The summed E-state index contributed by atoms with van der Waals surface area (Å²) in [7, 11) is 1.61. The van der Waals surface area contributed by atoms with E-state index in [1.54, 1.807) is 11.4 Å². The second kappa shape index (κ2) is 6.45. The van der Waals surface area contributed by atoms with Gasteiger partial charge in [-0.05, 0) is 25.5 Å². The van der Waals surface area contributed by atoms with Crippen molar-refractivity contribution in [3.8, 4) is 0 Å². The number of anilines is 1. The standard InChI is InChI=1S/C17H18N4O2S/c1-10-5-4-6-13(15(10)16(23)18-3)19-8-12-7-14(22)21-11(2)9-24-17(21)20-12/h4-7,9,19H,8H2,1-3H3,(H,18,23). The average Bonchev–Trinajstić information content (AvgIpc) is 2.94. The first kappa shape index (κ1) is 16.2. The van der Waals surface area contributed by atoms with Crippen molar-refractivity contribution in [1.82, 2.24) is 14.7 Å². The highest BCUT2D eigenvalue weighted by Gasteiger charge is 2.13. The third-order valence-corrected chi connectivity index (χ3v) is 4.76. The van der Waals surface area contributed by atoms with Crippen LogP contribution in [0.25, 0.3) is 4.96 Å². The summed E-state index contributed by atoms with van der Waals surface area (Å²) in [5.74, 6) is -0.145. The first-order chi connectivity index (χ1) is 11.5. The fourth-order valence-corrected chi connectivity index (χ4v) is 3.51. The first-order valence-corrected chi connectivity index (χ1v) is 8.41. The second-order valence-electron chi connectivity index (χ2n) is 5.51. The number of rotatable bonds is 4. The molecule has 0 radical (unpaired) electrons. The number of carbonyl (C=O) groups is 1. The molecule has 2 aromatic heterocycles. The van der Waals surface area contributed by atoms with Gasteiger partial charge in [-0.1, -0.05) is 12.1 Å². The van der Waals surface area contributed by atoms with Gasteiger partial charge in [-0.25, -0.2) is 4.98 Å². The molecule has 6 nitrogen and oxygen atoms in total. The fraction of sp³-hybridized carbons (Fsp3) is 0.235. The van der Waals surface area contributed by atoms with E-state index in [9.17, 15) is 9.59 Å². The number of carbonyl (C=O) groups excluding carboxylic acids is 1. The van der Waals surface area contributed by atoms with Gasteiger partial charge in [0.25, 0.3) is 11.5 Å². The van der Waals surface area contributed by atoms with E-state index in [-0.39, 0.29) is 11.5 Å². The highest BCUT2D eigenvalue weighted by Crippen LogP contribution is 2.20. The molecule has 0 fully saturated rings. The van der Waals surface area contributed by atoms with Gasteiger partial charge < -0.3 is 10.6 Å². The van der Waals surface area contributed by atoms with Crippen LogP contribution in [0.15, 0.2) is 34.4 Å². The molecule has 0 spiro atoms. The average molecular weight is 342 g/mol. The van der Waals surface area contributed by atoms with Crippen molar-refractivity contribution in [2.75, 3.05) is 12.4 Å². The number of hydrogen-bond acceptors (Lipinski definition) is 5. The highest BCUT2D eigenvalue weighted by atomic mass is 32.1. The molecule has 0 aliphatic carbocycles. The normalized spacial score (nSPS) is 10.8. The third-order valence-electron chi connectivity index (χ3n) is 3.82. The van der Waals surface area contributed by atoms with Crippen LogP contribution in [0.2, 0.25) is 0 Å². The van der Waals surface area contributed by atoms with Crippen LogP contribution in [0.3, 0.4) is 0 Å². The number of amides is 1. The number of aryl methyl sites for hydroxylation is 2. The predicted octanol–water partition coefficient (Wildman–Crippen LogP) is 2.34. The number of nitrogens with zero attached hydrogens (tertiary/aromatic N) is 2. The Labute approximate surface area is 143 Å². The largest absolute Gasteiger partial charge is 0.379 e. The molecule has 0 aliphatic heterocycles. The van der Waals surface area contributed by atoms with Gasteiger partial charge in [-0.15, -0.1) is 11.3 Å². The van der Waals surface area contributed by atoms with Crippen molar-refractivity contribution in [3.05, 3.63) is 62.5 Å². The Balaban J connectivity index is 1.90. The number of nitrogens with one attached hydrogen (secondary N) is 2. The Kier molecular flexibility index (Phi) is 4.35. The van der Waals surface area contributed by atoms with E-state index in [0.29, 0.717) is 22.8 Å². The molecule has 0 saturated heterocycles. The molecule has 1 amide bonds. The lowest BCUT2D eigenvalue weighted by molar-refractivity contribution is 0.0963. The Morgan fingerprint density at radius 2 is 2.12 bits per heavy atom. The van der Waals surface area contributed by atoms with Gasteiger partial charge in [0, 0.05) is 29.9 Å². The maximum absolute atomic E-state index is 12.2. The van der Waals surface area contributed by atoms with Crippen LogP contribution in [0.4, 0.5) is 5.69 Å². The molecule has 0 atom stereocenters. The molecule has 24 heavy (non-hydrogen) atoms. The Hall–Kier alpha value is -2.67. The molecule has 0 bridgehead atoms. The molecular formula is C17H18N4O2S. The molecule has 0 saturated carbocycles. The molecule has 0 unspecified atom stereocenters. The molecule has 3 rings (SSSR count). The third kappa shape index (κ3) is 2.90. The van der Waals surface area contributed by atoms with Crippen LogP contribution in [0.5, 0.6) is 0 Å². The lowest BCUT2D eigenvalue weighted by Gasteiger charge is -2.13. The van der Waals surface area contributed by atoms with Gasteiger partial charge in [-0.3, -0.25) is 14.0 Å². The van der Waals surface area contributed by atoms with Gasteiger partial charge >= 0.3 is 0 Å². The number of benzene rings is 1. The number of thiazole rings is 1. The maximum atomic E-state index is 12.2. The minimum atomic E-state index is -0.145. The summed E-state index contributed by atoms with van der Waals surface area (Å²) in [5.41, 5.74) is 3.64. The van der Waals surface area contributed by atoms with Crippen molar-refractivity contribution in [1.29, 1.82) is 0 Å². The molecule has 0 aliphatic rings. The Morgan fingerprint density at radius 1 is 1.33 bits per heavy atom. The van der Waals surface area contributed by atoms with Crippen LogP contribution in [-0.4, -0.2) is 22.3 Å². The van der Waals surface area contributed by atoms with Crippen LogP contribution in [0, 0.1) is 13.8 Å². The van der Waals surface area contributed by atoms with E-state index in [0.717, 1.165) is 16.9 Å². The quantitative estimate of drug-likeness (QED) is 0.763. The molecule has 2 N–H and O–H groups in total. The summed E-state index contributed by atoms with van der Waals surface area (Å²) in [6.07, 6.45) is 0. The number of aromatic nitrogens is 2. The maximum Gasteiger partial charge on any atom is 0.259 e. The Bertz CT molecular complexity index is 974. The zero-order valence-corrected chi connectivity index (χ0v) is 14.5. The van der Waals surface area contributed by atoms with Crippen molar-refractivity contribution in [2.24, 2.45) is 0 Å². The van der Waals surface area contributed by atoms with Crippen LogP contribution in [0.1, 0.15) is 27.3 Å². The fourth-order valence-electron chi connectivity index (χ4n) is 2.62. The van der Waals surface area contributed by atoms with Gasteiger partial charge in [0.15, 0.2) is 4.96 Å². The van der Waals surface area contributed by atoms with E-state index in [2.05, 4.69) is 15.6 Å². The molecule has 1 aromatic carbocycles. The summed E-state index contributed by atoms with van der Waals surface area (Å²) in [5, 5.41) is 7.78. The van der Waals surface area contributed by atoms with Crippen LogP contribution in [-0.2, 0) is 6.54 Å². The monoisotopic (exact) mass is 342 g/mol. The van der Waals surface area contributed by atoms with E-state index >= 15 is 0 Å². The van der Waals surface area contributed by atoms with Crippen LogP contribution >= 0.6 is 11.3 Å². The van der Waals surface area contributed by atoms with E-state index in [1.807, 2.05) is 37.4 Å². The van der Waals surface area contributed by atoms with Gasteiger partial charge in [0.2, 0.25) is 0 Å². The minimum absolute atomic E-state index is 0.0914. The molecule has 124 valence electrons.